The molecule has 1 aliphatic rings. The highest BCUT2D eigenvalue weighted by Crippen LogP contribution is 2.42. The zero-order valence-electron chi connectivity index (χ0n) is 12.4. The summed E-state index contributed by atoms with van der Waals surface area (Å²) in [6.07, 6.45) is -0.784. The molecule has 0 bridgehead atoms. The number of carbonyl (C=O) groups excluding carboxylic acids is 1. The number of hydrogen-bond donors (Lipinski definition) is 0. The Bertz CT molecular complexity index is 526. The summed E-state index contributed by atoms with van der Waals surface area (Å²) in [5, 5.41) is 0. The van der Waals surface area contributed by atoms with E-state index in [1.54, 1.807) is 0 Å². The smallest absolute Gasteiger partial charge is 0.421 e. The molecule has 0 heterocycles. The average Bonchev–Trinajstić information content (AvgIpc) is 2.48. The highest BCUT2D eigenvalue weighted by Gasteiger charge is 2.37. The van der Waals surface area contributed by atoms with Crippen molar-refractivity contribution in [1.29, 1.82) is 0 Å². The first-order valence-electron chi connectivity index (χ1n) is 7.49. The number of benzene rings is 1. The van der Waals surface area contributed by atoms with Crippen LogP contribution in [0.5, 0.6) is 5.75 Å². The van der Waals surface area contributed by atoms with Crippen molar-refractivity contribution in [2.24, 2.45) is 0 Å². The van der Waals surface area contributed by atoms with Crippen molar-refractivity contribution in [3.05, 3.63) is 28.2 Å². The summed E-state index contributed by atoms with van der Waals surface area (Å²) in [4.78, 5) is 10.2. The second-order valence-electron chi connectivity index (χ2n) is 5.45. The second kappa shape index (κ2) is 8.15. The van der Waals surface area contributed by atoms with E-state index in [-0.39, 0.29) is 22.4 Å². The van der Waals surface area contributed by atoms with Gasteiger partial charge in [0.15, 0.2) is 0 Å². The Kier molecular flexibility index (Phi) is 6.47. The van der Waals surface area contributed by atoms with Crippen LogP contribution in [0.15, 0.2) is 22.7 Å². The van der Waals surface area contributed by atoms with E-state index >= 15 is 0 Å². The third kappa shape index (κ3) is 5.21. The molecule has 1 aromatic rings. The number of carbonyl (C=O) groups is 1. The molecule has 0 radical (unpaired) electrons. The molecule has 3 nitrogen and oxygen atoms in total. The van der Waals surface area contributed by atoms with E-state index < -0.39 is 11.7 Å². The van der Waals surface area contributed by atoms with Crippen LogP contribution in [0, 0.1) is 0 Å². The molecule has 23 heavy (non-hydrogen) atoms. The lowest BCUT2D eigenvalue weighted by Crippen LogP contribution is -2.29. The normalized spacial score (nSPS) is 21.9. The molecular formula is C16H18BrF3O3. The van der Waals surface area contributed by atoms with Crippen LogP contribution in [-0.2, 0) is 15.7 Å². The maximum absolute atomic E-state index is 13.1. The molecule has 0 spiro atoms. The highest BCUT2D eigenvalue weighted by molar-refractivity contribution is 9.10. The summed E-state index contributed by atoms with van der Waals surface area (Å²) in [7, 11) is 0. The van der Waals surface area contributed by atoms with Gasteiger partial charge in [0.25, 0.3) is 0 Å². The van der Waals surface area contributed by atoms with Crippen molar-refractivity contribution in [3.63, 3.8) is 0 Å². The van der Waals surface area contributed by atoms with Gasteiger partial charge in [-0.15, -0.1) is 0 Å². The van der Waals surface area contributed by atoms with Gasteiger partial charge < -0.3 is 14.3 Å². The molecule has 7 heteroatoms. The SMILES string of the molecule is O=CCCOC1CCC(Oc2cccc(Br)c2C(F)(F)F)CC1. The third-order valence-electron chi connectivity index (χ3n) is 3.76. The molecule has 1 aliphatic carbocycles. The summed E-state index contributed by atoms with van der Waals surface area (Å²) in [5.74, 6) is -0.141. The van der Waals surface area contributed by atoms with Crippen LogP contribution in [0.4, 0.5) is 13.2 Å². The van der Waals surface area contributed by atoms with Crippen molar-refractivity contribution in [3.8, 4) is 5.75 Å². The topological polar surface area (TPSA) is 35.5 Å². The molecule has 2 rings (SSSR count). The minimum absolute atomic E-state index is 0.0200. The summed E-state index contributed by atoms with van der Waals surface area (Å²) in [6.45, 7) is 0.392. The van der Waals surface area contributed by atoms with Crippen LogP contribution in [-0.4, -0.2) is 25.1 Å². The molecule has 0 aromatic heterocycles. The molecule has 1 saturated carbocycles. The number of aldehydes is 1. The fraction of sp³-hybridized carbons (Fsp3) is 0.562. The average molecular weight is 395 g/mol. The predicted octanol–water partition coefficient (Wildman–Crippen LogP) is 4.76. The number of alkyl halides is 3. The lowest BCUT2D eigenvalue weighted by atomic mass is 9.95. The molecule has 0 aliphatic heterocycles. The van der Waals surface area contributed by atoms with E-state index in [9.17, 15) is 18.0 Å². The quantitative estimate of drug-likeness (QED) is 0.515. The van der Waals surface area contributed by atoms with Crippen LogP contribution >= 0.6 is 15.9 Å². The first kappa shape index (κ1) is 18.3. The van der Waals surface area contributed by atoms with E-state index in [1.807, 2.05) is 0 Å². The fourth-order valence-electron chi connectivity index (χ4n) is 2.66. The van der Waals surface area contributed by atoms with Gasteiger partial charge in [-0.3, -0.25) is 0 Å². The Hall–Kier alpha value is -1.08. The van der Waals surface area contributed by atoms with Gasteiger partial charge in [0.1, 0.15) is 17.6 Å². The molecule has 1 fully saturated rings. The van der Waals surface area contributed by atoms with Crippen LogP contribution in [0.25, 0.3) is 0 Å². The second-order valence-corrected chi connectivity index (χ2v) is 6.31. The zero-order chi connectivity index (χ0) is 16.9. The Morgan fingerprint density at radius 1 is 1.17 bits per heavy atom. The van der Waals surface area contributed by atoms with Crippen LogP contribution < -0.4 is 4.74 Å². The van der Waals surface area contributed by atoms with E-state index in [0.29, 0.717) is 25.9 Å². The van der Waals surface area contributed by atoms with Gasteiger partial charge in [-0.2, -0.15) is 13.2 Å². The van der Waals surface area contributed by atoms with Crippen molar-refractivity contribution < 1.29 is 27.4 Å². The summed E-state index contributed by atoms with van der Waals surface area (Å²) in [6, 6.07) is 4.23. The Labute approximate surface area is 141 Å². The van der Waals surface area contributed by atoms with Gasteiger partial charge in [-0.25, -0.2) is 0 Å². The van der Waals surface area contributed by atoms with Gasteiger partial charge in [-0.1, -0.05) is 22.0 Å². The van der Waals surface area contributed by atoms with Crippen LogP contribution in [0.1, 0.15) is 37.7 Å². The number of hydrogen-bond acceptors (Lipinski definition) is 3. The molecule has 0 saturated heterocycles. The molecule has 0 amide bonds. The van der Waals surface area contributed by atoms with Gasteiger partial charge in [0.2, 0.25) is 0 Å². The van der Waals surface area contributed by atoms with Gasteiger partial charge >= 0.3 is 6.18 Å². The van der Waals surface area contributed by atoms with Gasteiger partial charge in [0.05, 0.1) is 18.8 Å². The van der Waals surface area contributed by atoms with Crippen LogP contribution in [0.3, 0.4) is 0 Å². The summed E-state index contributed by atoms with van der Waals surface area (Å²) < 4.78 is 50.6. The number of halogens is 4. The van der Waals surface area contributed by atoms with Crippen molar-refractivity contribution in [1.82, 2.24) is 0 Å². The first-order chi connectivity index (χ1) is 10.9. The molecular weight excluding hydrogens is 377 g/mol. The van der Waals surface area contributed by atoms with E-state index in [2.05, 4.69) is 15.9 Å². The highest BCUT2D eigenvalue weighted by atomic mass is 79.9. The fourth-order valence-corrected chi connectivity index (χ4v) is 3.23. The lowest BCUT2D eigenvalue weighted by molar-refractivity contribution is -0.140. The predicted molar refractivity (Wildman–Crippen MR) is 82.4 cm³/mol. The number of rotatable bonds is 6. The summed E-state index contributed by atoms with van der Waals surface area (Å²) >= 11 is 2.94. The maximum atomic E-state index is 13.1. The van der Waals surface area contributed by atoms with E-state index in [0.717, 1.165) is 19.1 Å². The third-order valence-corrected chi connectivity index (χ3v) is 4.42. The van der Waals surface area contributed by atoms with E-state index in [1.165, 1.54) is 18.2 Å². The Morgan fingerprint density at radius 2 is 1.83 bits per heavy atom. The molecule has 128 valence electrons. The minimum Gasteiger partial charge on any atom is -0.490 e. The molecule has 0 unspecified atom stereocenters. The first-order valence-corrected chi connectivity index (χ1v) is 8.28. The summed E-state index contributed by atoms with van der Waals surface area (Å²) in [5.41, 5.74) is -0.774. The molecule has 1 aromatic carbocycles. The molecule has 0 atom stereocenters. The van der Waals surface area contributed by atoms with E-state index in [4.69, 9.17) is 9.47 Å². The van der Waals surface area contributed by atoms with Crippen LogP contribution in [0.2, 0.25) is 0 Å². The standard InChI is InChI=1S/C16H18BrF3O3/c17-13-3-1-4-14(15(13)16(18,19)20)23-12-7-5-11(6-8-12)22-10-2-9-21/h1,3-4,9,11-12H,2,5-8,10H2. The largest absolute Gasteiger partial charge is 0.490 e. The Balaban J connectivity index is 1.94. The Morgan fingerprint density at radius 3 is 2.43 bits per heavy atom. The lowest BCUT2D eigenvalue weighted by Gasteiger charge is -2.29. The van der Waals surface area contributed by atoms with Crippen molar-refractivity contribution in [2.45, 2.75) is 50.5 Å². The number of ether oxygens (including phenoxy) is 2. The zero-order valence-corrected chi connectivity index (χ0v) is 14.0. The monoisotopic (exact) mass is 394 g/mol. The minimum atomic E-state index is -4.47. The molecule has 0 N–H and O–H groups in total. The maximum Gasteiger partial charge on any atom is 0.421 e. The van der Waals surface area contributed by atoms with Gasteiger partial charge in [0, 0.05) is 10.9 Å². The van der Waals surface area contributed by atoms with Gasteiger partial charge in [-0.05, 0) is 37.8 Å². The van der Waals surface area contributed by atoms with Crippen molar-refractivity contribution in [2.75, 3.05) is 6.61 Å². The van der Waals surface area contributed by atoms with Crippen molar-refractivity contribution >= 4 is 22.2 Å².